The minimum absolute atomic E-state index is 0.0397. The third-order valence-corrected chi connectivity index (χ3v) is 3.74. The summed E-state index contributed by atoms with van der Waals surface area (Å²) in [6, 6.07) is 2.03. The van der Waals surface area contributed by atoms with E-state index < -0.39 is 0 Å². The number of rotatable bonds is 2. The molecular weight excluding hydrogens is 222 g/mol. The molecule has 0 fully saturated rings. The Kier molecular flexibility index (Phi) is 2.75. The molecule has 0 atom stereocenters. The summed E-state index contributed by atoms with van der Waals surface area (Å²) in [6.45, 7) is 4.33. The summed E-state index contributed by atoms with van der Waals surface area (Å²) in [7, 11) is 0. The molecule has 0 unspecified atom stereocenters. The van der Waals surface area contributed by atoms with Crippen LogP contribution in [0.2, 0.25) is 0 Å². The number of thiophene rings is 1. The summed E-state index contributed by atoms with van der Waals surface area (Å²) in [4.78, 5) is 18.2. The third-order valence-electron chi connectivity index (χ3n) is 2.62. The first-order valence-corrected chi connectivity index (χ1v) is 5.79. The van der Waals surface area contributed by atoms with Crippen LogP contribution < -0.4 is 5.56 Å². The van der Waals surface area contributed by atoms with Crippen LogP contribution in [0.5, 0.6) is 0 Å². The number of nitrogens with zero attached hydrogens (tertiary/aromatic N) is 3. The lowest BCUT2D eigenvalue weighted by Gasteiger charge is -2.01. The summed E-state index contributed by atoms with van der Waals surface area (Å²) >= 11 is 1.54. The first-order chi connectivity index (χ1) is 7.65. The molecule has 0 amide bonds. The van der Waals surface area contributed by atoms with Crippen molar-refractivity contribution in [1.29, 1.82) is 5.26 Å². The molecule has 4 nitrogen and oxygen atoms in total. The number of aryl methyl sites for hydroxylation is 3. The van der Waals surface area contributed by atoms with Crippen LogP contribution in [0.25, 0.3) is 10.2 Å². The topological polar surface area (TPSA) is 58.7 Å². The summed E-state index contributed by atoms with van der Waals surface area (Å²) in [6.07, 6.45) is 1.85. The number of aromatic nitrogens is 2. The van der Waals surface area contributed by atoms with E-state index in [9.17, 15) is 4.79 Å². The normalized spacial score (nSPS) is 10.6. The molecule has 0 saturated heterocycles. The van der Waals surface area contributed by atoms with Gasteiger partial charge >= 0.3 is 0 Å². The lowest BCUT2D eigenvalue weighted by molar-refractivity contribution is 0.679. The Morgan fingerprint density at radius 2 is 2.31 bits per heavy atom. The van der Waals surface area contributed by atoms with Gasteiger partial charge in [-0.1, -0.05) is 0 Å². The molecule has 82 valence electrons. The van der Waals surface area contributed by atoms with E-state index in [-0.39, 0.29) is 5.56 Å². The number of fused-ring (bicyclic) bond motifs is 1. The molecule has 16 heavy (non-hydrogen) atoms. The highest BCUT2D eigenvalue weighted by atomic mass is 32.1. The van der Waals surface area contributed by atoms with Crippen molar-refractivity contribution >= 4 is 21.6 Å². The molecule has 2 aromatic rings. The Hall–Kier alpha value is -1.67. The Balaban J connectivity index is 2.65. The molecule has 0 spiro atoms. The second-order valence-electron chi connectivity index (χ2n) is 3.61. The quantitative estimate of drug-likeness (QED) is 0.797. The number of hydrogen-bond acceptors (Lipinski definition) is 4. The standard InChI is InChI=1S/C11H11N3OS/c1-7-8(2)16-10-9(7)11(15)14(6-13-10)5-3-4-12/h6H,3,5H2,1-2H3. The highest BCUT2D eigenvalue weighted by molar-refractivity contribution is 7.18. The molecule has 0 N–H and O–H groups in total. The summed E-state index contributed by atoms with van der Waals surface area (Å²) in [5.74, 6) is 0. The molecule has 0 radical (unpaired) electrons. The van der Waals surface area contributed by atoms with Crippen LogP contribution >= 0.6 is 11.3 Å². The summed E-state index contributed by atoms with van der Waals surface area (Å²) in [5.41, 5.74) is 0.964. The number of hydrogen-bond donors (Lipinski definition) is 0. The van der Waals surface area contributed by atoms with Gasteiger partial charge in [0, 0.05) is 11.4 Å². The highest BCUT2D eigenvalue weighted by Crippen LogP contribution is 2.25. The van der Waals surface area contributed by atoms with Gasteiger partial charge in [0.25, 0.3) is 5.56 Å². The second kappa shape index (κ2) is 4.06. The zero-order chi connectivity index (χ0) is 11.7. The van der Waals surface area contributed by atoms with Gasteiger partial charge in [-0.3, -0.25) is 9.36 Å². The van der Waals surface area contributed by atoms with Crippen molar-refractivity contribution in [2.24, 2.45) is 0 Å². The fraction of sp³-hybridized carbons (Fsp3) is 0.364. The Labute approximate surface area is 96.8 Å². The van der Waals surface area contributed by atoms with Crippen LogP contribution in [0, 0.1) is 25.2 Å². The zero-order valence-corrected chi connectivity index (χ0v) is 9.97. The predicted molar refractivity (Wildman–Crippen MR) is 63.6 cm³/mol. The number of nitriles is 1. The second-order valence-corrected chi connectivity index (χ2v) is 4.82. The van der Waals surface area contributed by atoms with E-state index in [1.807, 2.05) is 19.9 Å². The lowest BCUT2D eigenvalue weighted by atomic mass is 10.2. The van der Waals surface area contributed by atoms with Crippen molar-refractivity contribution in [2.75, 3.05) is 0 Å². The van der Waals surface area contributed by atoms with Gasteiger partial charge < -0.3 is 0 Å². The monoisotopic (exact) mass is 233 g/mol. The van der Waals surface area contributed by atoms with Gasteiger partial charge in [-0.15, -0.1) is 11.3 Å². The van der Waals surface area contributed by atoms with Crippen molar-refractivity contribution in [2.45, 2.75) is 26.8 Å². The maximum absolute atomic E-state index is 12.1. The average molecular weight is 233 g/mol. The maximum atomic E-state index is 12.1. The molecular formula is C11H11N3OS. The first kappa shape index (κ1) is 10.8. The summed E-state index contributed by atoms with van der Waals surface area (Å²) < 4.78 is 1.50. The Morgan fingerprint density at radius 1 is 1.56 bits per heavy atom. The molecule has 0 aliphatic heterocycles. The van der Waals surface area contributed by atoms with E-state index in [4.69, 9.17) is 5.26 Å². The average Bonchev–Trinajstić information content (AvgIpc) is 2.55. The van der Waals surface area contributed by atoms with E-state index in [2.05, 4.69) is 4.98 Å². The van der Waals surface area contributed by atoms with Crippen molar-refractivity contribution in [3.05, 3.63) is 27.1 Å². The van der Waals surface area contributed by atoms with Crippen LogP contribution in [-0.4, -0.2) is 9.55 Å². The molecule has 2 aromatic heterocycles. The van der Waals surface area contributed by atoms with Gasteiger partial charge in [0.15, 0.2) is 0 Å². The van der Waals surface area contributed by atoms with Crippen molar-refractivity contribution in [1.82, 2.24) is 9.55 Å². The molecule has 2 heterocycles. The van der Waals surface area contributed by atoms with Gasteiger partial charge in [0.2, 0.25) is 0 Å². The largest absolute Gasteiger partial charge is 0.298 e. The Morgan fingerprint density at radius 3 is 3.00 bits per heavy atom. The van der Waals surface area contributed by atoms with Crippen LogP contribution in [0.1, 0.15) is 16.9 Å². The van der Waals surface area contributed by atoms with E-state index >= 15 is 0 Å². The van der Waals surface area contributed by atoms with Gasteiger partial charge in [-0.05, 0) is 19.4 Å². The predicted octanol–water partition coefficient (Wildman–Crippen LogP) is 1.99. The molecule has 2 rings (SSSR count). The molecule has 5 heteroatoms. The SMILES string of the molecule is Cc1sc2ncn(CCC#N)c(=O)c2c1C. The minimum Gasteiger partial charge on any atom is -0.298 e. The van der Waals surface area contributed by atoms with Gasteiger partial charge in [-0.25, -0.2) is 4.98 Å². The third kappa shape index (κ3) is 1.61. The van der Waals surface area contributed by atoms with E-state index in [1.54, 1.807) is 0 Å². The Bertz CT molecular complexity index is 633. The van der Waals surface area contributed by atoms with E-state index in [1.165, 1.54) is 22.2 Å². The lowest BCUT2D eigenvalue weighted by Crippen LogP contribution is -2.20. The van der Waals surface area contributed by atoms with Crippen molar-refractivity contribution < 1.29 is 0 Å². The zero-order valence-electron chi connectivity index (χ0n) is 9.15. The maximum Gasteiger partial charge on any atom is 0.262 e. The van der Waals surface area contributed by atoms with E-state index in [0.29, 0.717) is 18.4 Å². The first-order valence-electron chi connectivity index (χ1n) is 4.97. The summed E-state index contributed by atoms with van der Waals surface area (Å²) in [5, 5.41) is 9.20. The molecule has 0 bridgehead atoms. The molecule has 0 aliphatic rings. The minimum atomic E-state index is -0.0397. The van der Waals surface area contributed by atoms with Crippen LogP contribution in [-0.2, 0) is 6.54 Å². The van der Waals surface area contributed by atoms with Crippen molar-refractivity contribution in [3.8, 4) is 6.07 Å². The van der Waals surface area contributed by atoms with Gasteiger partial charge in [0.1, 0.15) is 4.83 Å². The molecule has 0 saturated carbocycles. The van der Waals surface area contributed by atoms with Crippen LogP contribution in [0.15, 0.2) is 11.1 Å². The van der Waals surface area contributed by atoms with Crippen LogP contribution in [0.4, 0.5) is 0 Å². The van der Waals surface area contributed by atoms with Crippen molar-refractivity contribution in [3.63, 3.8) is 0 Å². The fourth-order valence-corrected chi connectivity index (χ4v) is 2.59. The van der Waals surface area contributed by atoms with Gasteiger partial charge in [0.05, 0.1) is 24.2 Å². The smallest absolute Gasteiger partial charge is 0.262 e. The van der Waals surface area contributed by atoms with Crippen LogP contribution in [0.3, 0.4) is 0 Å². The molecule has 0 aromatic carbocycles. The highest BCUT2D eigenvalue weighted by Gasteiger charge is 2.11. The van der Waals surface area contributed by atoms with E-state index in [0.717, 1.165) is 15.3 Å². The fourth-order valence-electron chi connectivity index (χ4n) is 1.60. The van der Waals surface area contributed by atoms with Gasteiger partial charge in [-0.2, -0.15) is 5.26 Å². The molecule has 0 aliphatic carbocycles.